The van der Waals surface area contributed by atoms with Gasteiger partial charge in [0.1, 0.15) is 0 Å². The highest BCUT2D eigenvalue weighted by molar-refractivity contribution is 9.10. The topological polar surface area (TPSA) is 29.3 Å². The Kier molecular flexibility index (Phi) is 3.55. The van der Waals surface area contributed by atoms with Crippen LogP contribution in [-0.2, 0) is 6.54 Å². The van der Waals surface area contributed by atoms with Crippen LogP contribution >= 0.6 is 15.9 Å². The highest BCUT2D eigenvalue weighted by Crippen LogP contribution is 2.36. The Bertz CT molecular complexity index is 374. The van der Waals surface area contributed by atoms with E-state index >= 15 is 0 Å². The summed E-state index contributed by atoms with van der Waals surface area (Å²) in [4.78, 5) is 2.36. The lowest BCUT2D eigenvalue weighted by Crippen LogP contribution is -2.30. The van der Waals surface area contributed by atoms with Gasteiger partial charge in [0.25, 0.3) is 0 Å². The highest BCUT2D eigenvalue weighted by atomic mass is 79.9. The Morgan fingerprint density at radius 2 is 2.19 bits per heavy atom. The van der Waals surface area contributed by atoms with Crippen LogP contribution in [-0.4, -0.2) is 13.1 Å². The zero-order valence-corrected chi connectivity index (χ0v) is 11.5. The first-order chi connectivity index (χ1) is 7.63. The molecule has 0 aromatic heterocycles. The number of nitrogens with two attached hydrogens (primary N) is 1. The number of halogens is 1. The normalized spacial score (nSPS) is 17.2. The number of hydrogen-bond donors (Lipinski definition) is 1. The van der Waals surface area contributed by atoms with Crippen LogP contribution in [0.25, 0.3) is 0 Å². The molecule has 1 aromatic carbocycles. The molecule has 0 spiro atoms. The first kappa shape index (κ1) is 11.9. The summed E-state index contributed by atoms with van der Waals surface area (Å²) in [6.07, 6.45) is 2.76. The van der Waals surface area contributed by atoms with Crippen LogP contribution < -0.4 is 10.6 Å². The molecule has 1 fully saturated rings. The lowest BCUT2D eigenvalue weighted by Gasteiger charge is -2.27. The Morgan fingerprint density at radius 3 is 2.69 bits per heavy atom. The van der Waals surface area contributed by atoms with Crippen molar-refractivity contribution in [3.63, 3.8) is 0 Å². The van der Waals surface area contributed by atoms with Gasteiger partial charge >= 0.3 is 0 Å². The average Bonchev–Trinajstić information content (AvgIpc) is 3.11. The molecule has 0 amide bonds. The monoisotopic (exact) mass is 282 g/mol. The molecule has 1 aliphatic rings. The lowest BCUT2D eigenvalue weighted by molar-refractivity contribution is 0.609. The lowest BCUT2D eigenvalue weighted by atomic mass is 10.1. The van der Waals surface area contributed by atoms with E-state index < -0.39 is 0 Å². The van der Waals surface area contributed by atoms with Crippen molar-refractivity contribution in [3.8, 4) is 0 Å². The minimum Gasteiger partial charge on any atom is -0.372 e. The van der Waals surface area contributed by atoms with Crippen LogP contribution in [0.3, 0.4) is 0 Å². The Hall–Kier alpha value is -0.540. The SMILES string of the molecule is CC(C1CC1)N(C)c1ccc(CN)c(Br)c1. The molecule has 2 N–H and O–H groups in total. The van der Waals surface area contributed by atoms with Gasteiger partial charge in [0, 0.05) is 29.8 Å². The molecule has 0 bridgehead atoms. The first-order valence-corrected chi connectivity index (χ1v) is 6.64. The van der Waals surface area contributed by atoms with Crippen LogP contribution in [0.5, 0.6) is 0 Å². The van der Waals surface area contributed by atoms with E-state index in [0.29, 0.717) is 12.6 Å². The number of rotatable bonds is 4. The van der Waals surface area contributed by atoms with Crippen LogP contribution in [0, 0.1) is 5.92 Å². The summed E-state index contributed by atoms with van der Waals surface area (Å²) >= 11 is 3.57. The summed E-state index contributed by atoms with van der Waals surface area (Å²) in [5.41, 5.74) is 8.08. The molecule has 0 heterocycles. The van der Waals surface area contributed by atoms with Crippen molar-refractivity contribution < 1.29 is 0 Å². The van der Waals surface area contributed by atoms with Crippen molar-refractivity contribution >= 4 is 21.6 Å². The van der Waals surface area contributed by atoms with Crippen molar-refractivity contribution in [3.05, 3.63) is 28.2 Å². The van der Waals surface area contributed by atoms with Gasteiger partial charge < -0.3 is 10.6 Å². The summed E-state index contributed by atoms with van der Waals surface area (Å²) in [6.45, 7) is 2.89. The van der Waals surface area contributed by atoms with Crippen LogP contribution in [0.1, 0.15) is 25.3 Å². The van der Waals surface area contributed by atoms with Crippen LogP contribution in [0.15, 0.2) is 22.7 Å². The average molecular weight is 283 g/mol. The third-order valence-electron chi connectivity index (χ3n) is 3.58. The summed E-state index contributed by atoms with van der Waals surface area (Å²) in [5, 5.41) is 0. The van der Waals surface area contributed by atoms with E-state index in [1.165, 1.54) is 18.5 Å². The van der Waals surface area contributed by atoms with E-state index in [-0.39, 0.29) is 0 Å². The second-order valence-corrected chi connectivity index (χ2v) is 5.52. The number of benzene rings is 1. The molecular formula is C13H19BrN2. The highest BCUT2D eigenvalue weighted by Gasteiger charge is 2.30. The summed E-state index contributed by atoms with van der Waals surface area (Å²) in [6, 6.07) is 7.07. The quantitative estimate of drug-likeness (QED) is 0.919. The van der Waals surface area contributed by atoms with E-state index in [2.05, 4.69) is 53.0 Å². The molecule has 1 aromatic rings. The molecule has 2 nitrogen and oxygen atoms in total. The minimum atomic E-state index is 0.586. The second kappa shape index (κ2) is 4.76. The smallest absolute Gasteiger partial charge is 0.0377 e. The summed E-state index contributed by atoms with van der Waals surface area (Å²) in [5.74, 6) is 0.887. The predicted molar refractivity (Wildman–Crippen MR) is 72.6 cm³/mol. The molecule has 16 heavy (non-hydrogen) atoms. The summed E-state index contributed by atoms with van der Waals surface area (Å²) in [7, 11) is 2.17. The molecular weight excluding hydrogens is 264 g/mol. The molecule has 0 aliphatic heterocycles. The van der Waals surface area contributed by atoms with Gasteiger partial charge in [0.05, 0.1) is 0 Å². The standard InChI is InChI=1S/C13H19BrN2/c1-9(10-3-4-10)16(2)12-6-5-11(8-15)13(14)7-12/h5-7,9-10H,3-4,8,15H2,1-2H3. The van der Waals surface area contributed by atoms with Crippen molar-refractivity contribution in [1.29, 1.82) is 0 Å². The first-order valence-electron chi connectivity index (χ1n) is 5.85. The predicted octanol–water partition coefficient (Wildman–Crippen LogP) is 3.14. The van der Waals surface area contributed by atoms with Gasteiger partial charge in [-0.3, -0.25) is 0 Å². The zero-order valence-electron chi connectivity index (χ0n) is 9.91. The van der Waals surface area contributed by atoms with Gasteiger partial charge in [-0.15, -0.1) is 0 Å². The van der Waals surface area contributed by atoms with Crippen molar-refractivity contribution in [2.45, 2.75) is 32.4 Å². The zero-order chi connectivity index (χ0) is 11.7. The van der Waals surface area contributed by atoms with E-state index in [1.54, 1.807) is 0 Å². The molecule has 0 saturated heterocycles. The summed E-state index contributed by atoms with van der Waals surface area (Å²) < 4.78 is 1.11. The number of hydrogen-bond acceptors (Lipinski definition) is 2. The third-order valence-corrected chi connectivity index (χ3v) is 4.32. The van der Waals surface area contributed by atoms with Crippen LogP contribution in [0.4, 0.5) is 5.69 Å². The fraction of sp³-hybridized carbons (Fsp3) is 0.538. The minimum absolute atomic E-state index is 0.586. The maximum Gasteiger partial charge on any atom is 0.0377 e. The molecule has 1 saturated carbocycles. The van der Waals surface area contributed by atoms with Crippen LogP contribution in [0.2, 0.25) is 0 Å². The van der Waals surface area contributed by atoms with Gasteiger partial charge in [-0.2, -0.15) is 0 Å². The molecule has 1 atom stereocenters. The molecule has 1 aliphatic carbocycles. The van der Waals surface area contributed by atoms with Gasteiger partial charge in [0.2, 0.25) is 0 Å². The second-order valence-electron chi connectivity index (χ2n) is 4.67. The molecule has 3 heteroatoms. The fourth-order valence-corrected chi connectivity index (χ4v) is 2.58. The number of anilines is 1. The number of nitrogens with zero attached hydrogens (tertiary/aromatic N) is 1. The van der Waals surface area contributed by atoms with E-state index in [0.717, 1.165) is 16.0 Å². The Morgan fingerprint density at radius 1 is 1.50 bits per heavy atom. The van der Waals surface area contributed by atoms with Crippen molar-refractivity contribution in [1.82, 2.24) is 0 Å². The van der Waals surface area contributed by atoms with Crippen molar-refractivity contribution in [2.24, 2.45) is 11.7 Å². The molecule has 88 valence electrons. The van der Waals surface area contributed by atoms with Gasteiger partial charge in [-0.25, -0.2) is 0 Å². The maximum atomic E-state index is 5.65. The molecule has 1 unspecified atom stereocenters. The molecule has 2 rings (SSSR count). The Labute approximate surface area is 106 Å². The van der Waals surface area contributed by atoms with Gasteiger partial charge in [0.15, 0.2) is 0 Å². The fourth-order valence-electron chi connectivity index (χ4n) is 2.05. The van der Waals surface area contributed by atoms with E-state index in [1.807, 2.05) is 0 Å². The largest absolute Gasteiger partial charge is 0.372 e. The van der Waals surface area contributed by atoms with E-state index in [4.69, 9.17) is 5.73 Å². The Balaban J connectivity index is 2.16. The third kappa shape index (κ3) is 2.41. The van der Waals surface area contributed by atoms with Gasteiger partial charge in [-0.1, -0.05) is 22.0 Å². The maximum absolute atomic E-state index is 5.65. The van der Waals surface area contributed by atoms with Crippen molar-refractivity contribution in [2.75, 3.05) is 11.9 Å². The molecule has 0 radical (unpaired) electrons. The van der Waals surface area contributed by atoms with E-state index in [9.17, 15) is 0 Å². The van der Waals surface area contributed by atoms with Gasteiger partial charge in [-0.05, 0) is 43.4 Å².